The molecule has 19 heavy (non-hydrogen) atoms. The van der Waals surface area contributed by atoms with Gasteiger partial charge in [-0.25, -0.2) is 0 Å². The lowest BCUT2D eigenvalue weighted by Crippen LogP contribution is -2.49. The van der Waals surface area contributed by atoms with Gasteiger partial charge < -0.3 is 15.0 Å². The zero-order chi connectivity index (χ0) is 13.4. The Kier molecular flexibility index (Phi) is 11.2. The Labute approximate surface area is 139 Å². The lowest BCUT2D eigenvalue weighted by Gasteiger charge is -2.36. The second kappa shape index (κ2) is 11.0. The number of halogens is 1. The molecule has 0 aliphatic carbocycles. The lowest BCUT2D eigenvalue weighted by atomic mass is 10.1. The van der Waals surface area contributed by atoms with Gasteiger partial charge in [0.1, 0.15) is 0 Å². The first-order valence-corrected chi connectivity index (χ1v) is 7.87. The van der Waals surface area contributed by atoms with E-state index < -0.39 is 0 Å². The fourth-order valence-electron chi connectivity index (χ4n) is 1.94. The average Bonchev–Trinajstić information content (AvgIpc) is 2.38. The number of hydrogen-bond acceptors (Lipinski definition) is 3. The monoisotopic (exact) mass is 401 g/mol. The van der Waals surface area contributed by atoms with Crippen LogP contribution in [0, 0.1) is 5.92 Å². The molecule has 0 aromatic heterocycles. The predicted molar refractivity (Wildman–Crippen MR) is 95.9 cm³/mol. The third kappa shape index (κ3) is 7.04. The highest BCUT2D eigenvalue weighted by atomic mass is 127. The van der Waals surface area contributed by atoms with Crippen molar-refractivity contribution in [1.82, 2.24) is 10.2 Å². The Bertz CT molecular complexity index is 264. The van der Waals surface area contributed by atoms with Crippen LogP contribution in [0.25, 0.3) is 0 Å². The summed E-state index contributed by atoms with van der Waals surface area (Å²) in [5.41, 5.74) is 0. The molecular formula is C13H28IN3OS. The molecule has 0 spiro atoms. The van der Waals surface area contributed by atoms with Crippen LogP contribution in [0.5, 0.6) is 0 Å². The molecule has 6 heteroatoms. The highest BCUT2D eigenvalue weighted by molar-refractivity contribution is 14.0. The minimum Gasteiger partial charge on any atom is -0.383 e. The summed E-state index contributed by atoms with van der Waals surface area (Å²) in [7, 11) is 1.72. The lowest BCUT2D eigenvalue weighted by molar-refractivity contribution is 0.207. The minimum absolute atomic E-state index is 0. The fraction of sp³-hybridized carbons (Fsp3) is 0.923. The molecule has 0 aromatic rings. The van der Waals surface area contributed by atoms with E-state index in [2.05, 4.69) is 47.7 Å². The van der Waals surface area contributed by atoms with Gasteiger partial charge in [-0.1, -0.05) is 13.8 Å². The summed E-state index contributed by atoms with van der Waals surface area (Å²) in [6.45, 7) is 11.2. The third-order valence-electron chi connectivity index (χ3n) is 3.03. The van der Waals surface area contributed by atoms with E-state index in [0.29, 0.717) is 11.9 Å². The van der Waals surface area contributed by atoms with Gasteiger partial charge in [-0.15, -0.1) is 24.0 Å². The first kappa shape index (κ1) is 19.3. The summed E-state index contributed by atoms with van der Waals surface area (Å²) in [5, 5.41) is 4.09. The van der Waals surface area contributed by atoms with Gasteiger partial charge in [0.05, 0.1) is 13.2 Å². The first-order chi connectivity index (χ1) is 8.69. The molecular weight excluding hydrogens is 373 g/mol. The van der Waals surface area contributed by atoms with Crippen LogP contribution < -0.4 is 5.32 Å². The van der Waals surface area contributed by atoms with Gasteiger partial charge in [0.2, 0.25) is 0 Å². The van der Waals surface area contributed by atoms with Crippen molar-refractivity contribution in [2.24, 2.45) is 10.9 Å². The van der Waals surface area contributed by atoms with Crippen LogP contribution in [0.4, 0.5) is 0 Å². The maximum absolute atomic E-state index is 5.06. The van der Waals surface area contributed by atoms with Crippen molar-refractivity contribution >= 4 is 41.7 Å². The molecule has 0 bridgehead atoms. The molecule has 114 valence electrons. The van der Waals surface area contributed by atoms with Crippen LogP contribution >= 0.6 is 35.7 Å². The molecule has 1 unspecified atom stereocenters. The molecule has 1 aliphatic heterocycles. The molecule has 0 amide bonds. The summed E-state index contributed by atoms with van der Waals surface area (Å²) in [5.74, 6) is 2.96. The topological polar surface area (TPSA) is 36.9 Å². The number of nitrogens with zero attached hydrogens (tertiary/aromatic N) is 2. The van der Waals surface area contributed by atoms with Gasteiger partial charge in [-0.2, -0.15) is 11.8 Å². The van der Waals surface area contributed by atoms with Crippen LogP contribution in [0.15, 0.2) is 4.99 Å². The van der Waals surface area contributed by atoms with Gasteiger partial charge >= 0.3 is 0 Å². The number of nitrogens with one attached hydrogen (secondary N) is 1. The van der Waals surface area contributed by atoms with Crippen molar-refractivity contribution in [2.45, 2.75) is 26.0 Å². The number of methoxy groups -OCH3 is 1. The van der Waals surface area contributed by atoms with E-state index in [0.717, 1.165) is 38.1 Å². The van der Waals surface area contributed by atoms with Crippen LogP contribution in [-0.4, -0.2) is 61.8 Å². The third-order valence-corrected chi connectivity index (χ3v) is 4.57. The second-order valence-corrected chi connectivity index (χ2v) is 6.17. The van der Waals surface area contributed by atoms with Crippen LogP contribution in [0.3, 0.4) is 0 Å². The van der Waals surface area contributed by atoms with E-state index in [1.807, 2.05) is 0 Å². The molecule has 1 heterocycles. The van der Waals surface area contributed by atoms with Gasteiger partial charge in [-0.3, -0.25) is 4.99 Å². The number of aliphatic imine (C=N–C) groups is 1. The summed E-state index contributed by atoms with van der Waals surface area (Å²) in [6, 6.07) is 0. The largest absolute Gasteiger partial charge is 0.383 e. The number of rotatable bonds is 5. The second-order valence-electron chi connectivity index (χ2n) is 4.83. The SMILES string of the molecule is CCNC(=NCCOC)N1CCSC(C(C)C)C1.I. The quantitative estimate of drug-likeness (QED) is 0.332. The van der Waals surface area contributed by atoms with Gasteiger partial charge in [-0.05, 0) is 12.8 Å². The smallest absolute Gasteiger partial charge is 0.194 e. The zero-order valence-electron chi connectivity index (χ0n) is 12.5. The maximum atomic E-state index is 5.06. The molecule has 1 aliphatic rings. The van der Waals surface area contributed by atoms with Crippen LogP contribution in [0.1, 0.15) is 20.8 Å². The van der Waals surface area contributed by atoms with Crippen molar-refractivity contribution in [3.8, 4) is 0 Å². The highest BCUT2D eigenvalue weighted by Gasteiger charge is 2.24. The summed E-state index contributed by atoms with van der Waals surface area (Å²) < 4.78 is 5.06. The fourth-order valence-corrected chi connectivity index (χ4v) is 3.24. The summed E-state index contributed by atoms with van der Waals surface area (Å²) in [4.78, 5) is 7.01. The molecule has 1 saturated heterocycles. The van der Waals surface area contributed by atoms with E-state index in [1.165, 1.54) is 5.75 Å². The van der Waals surface area contributed by atoms with E-state index in [9.17, 15) is 0 Å². The van der Waals surface area contributed by atoms with Crippen molar-refractivity contribution in [1.29, 1.82) is 0 Å². The Hall–Kier alpha value is 0.310. The number of ether oxygens (including phenoxy) is 1. The molecule has 0 radical (unpaired) electrons. The van der Waals surface area contributed by atoms with E-state index in [4.69, 9.17) is 4.74 Å². The van der Waals surface area contributed by atoms with Crippen molar-refractivity contribution < 1.29 is 4.74 Å². The van der Waals surface area contributed by atoms with E-state index in [-0.39, 0.29) is 24.0 Å². The Morgan fingerprint density at radius 3 is 2.84 bits per heavy atom. The Balaban J connectivity index is 0.00000324. The predicted octanol–water partition coefficient (Wildman–Crippen LogP) is 2.29. The summed E-state index contributed by atoms with van der Waals surface area (Å²) >= 11 is 2.09. The zero-order valence-corrected chi connectivity index (χ0v) is 15.7. The van der Waals surface area contributed by atoms with Gasteiger partial charge in [0.25, 0.3) is 0 Å². The van der Waals surface area contributed by atoms with Crippen molar-refractivity contribution in [2.75, 3.05) is 45.6 Å². The normalized spacial score (nSPS) is 20.4. The van der Waals surface area contributed by atoms with Crippen LogP contribution in [0.2, 0.25) is 0 Å². The average molecular weight is 401 g/mol. The molecule has 4 nitrogen and oxygen atoms in total. The minimum atomic E-state index is 0. The van der Waals surface area contributed by atoms with Crippen molar-refractivity contribution in [3.05, 3.63) is 0 Å². The number of guanidine groups is 1. The molecule has 1 N–H and O–H groups in total. The number of thioether (sulfide) groups is 1. The van der Waals surface area contributed by atoms with Crippen molar-refractivity contribution in [3.63, 3.8) is 0 Å². The standard InChI is InChI=1S/C13H27N3OS.HI/c1-5-14-13(15-6-8-17-4)16-7-9-18-12(10-16)11(2)3;/h11-12H,5-10H2,1-4H3,(H,14,15);1H. The Morgan fingerprint density at radius 1 is 1.53 bits per heavy atom. The molecule has 1 atom stereocenters. The number of hydrogen-bond donors (Lipinski definition) is 1. The molecule has 0 saturated carbocycles. The molecule has 1 rings (SSSR count). The van der Waals surface area contributed by atoms with E-state index >= 15 is 0 Å². The first-order valence-electron chi connectivity index (χ1n) is 6.82. The highest BCUT2D eigenvalue weighted by Crippen LogP contribution is 2.24. The van der Waals surface area contributed by atoms with Crippen LogP contribution in [-0.2, 0) is 4.74 Å². The molecule has 0 aromatic carbocycles. The summed E-state index contributed by atoms with van der Waals surface area (Å²) in [6.07, 6.45) is 0. The molecule has 1 fully saturated rings. The van der Waals surface area contributed by atoms with Gasteiger partial charge in [0.15, 0.2) is 5.96 Å². The van der Waals surface area contributed by atoms with E-state index in [1.54, 1.807) is 7.11 Å². The maximum Gasteiger partial charge on any atom is 0.194 e. The Morgan fingerprint density at radius 2 is 2.26 bits per heavy atom. The van der Waals surface area contributed by atoms with Gasteiger partial charge in [0, 0.05) is 37.7 Å².